The molecule has 1 aliphatic heterocycles. The highest BCUT2D eigenvalue weighted by atomic mass is 19.1. The van der Waals surface area contributed by atoms with Crippen molar-refractivity contribution in [2.75, 3.05) is 13.1 Å². The van der Waals surface area contributed by atoms with Gasteiger partial charge in [0, 0.05) is 30.5 Å². The summed E-state index contributed by atoms with van der Waals surface area (Å²) in [6.45, 7) is 2.68. The van der Waals surface area contributed by atoms with E-state index < -0.39 is 6.10 Å². The quantitative estimate of drug-likeness (QED) is 0.942. The number of aryl methyl sites for hydroxylation is 1. The average Bonchev–Trinajstić information content (AvgIpc) is 2.58. The molecule has 1 aromatic carbocycles. The Morgan fingerprint density at radius 1 is 1.38 bits per heavy atom. The Morgan fingerprint density at radius 2 is 2.17 bits per heavy atom. The van der Waals surface area contributed by atoms with Gasteiger partial charge in [0.1, 0.15) is 5.82 Å². The van der Waals surface area contributed by atoms with Crippen LogP contribution < -0.4 is 0 Å². The summed E-state index contributed by atoms with van der Waals surface area (Å²) in [4.78, 5) is 18.3. The highest BCUT2D eigenvalue weighted by molar-refractivity contribution is 5.94. The molecule has 0 radical (unpaired) electrons. The molecule has 2 heterocycles. The SMILES string of the molecule is Cc1cc(C(=O)N2CC[C@H](Cc3ccccc3F)[C@@H](O)C2)ccn1. The maximum atomic E-state index is 13.8. The van der Waals surface area contributed by atoms with Crippen LogP contribution in [0.2, 0.25) is 0 Å². The summed E-state index contributed by atoms with van der Waals surface area (Å²) in [6, 6.07) is 10.1. The van der Waals surface area contributed by atoms with E-state index in [0.717, 1.165) is 5.69 Å². The summed E-state index contributed by atoms with van der Waals surface area (Å²) in [7, 11) is 0. The van der Waals surface area contributed by atoms with E-state index in [0.29, 0.717) is 30.5 Å². The number of aliphatic hydroxyl groups excluding tert-OH is 1. The van der Waals surface area contributed by atoms with E-state index in [1.807, 2.05) is 6.92 Å². The summed E-state index contributed by atoms with van der Waals surface area (Å²) in [6.07, 6.45) is 2.12. The van der Waals surface area contributed by atoms with Crippen molar-refractivity contribution < 1.29 is 14.3 Å². The zero-order valence-electron chi connectivity index (χ0n) is 13.7. The largest absolute Gasteiger partial charge is 0.391 e. The third kappa shape index (κ3) is 3.62. The van der Waals surface area contributed by atoms with Crippen LogP contribution in [0, 0.1) is 18.7 Å². The normalized spacial score (nSPS) is 20.9. The molecule has 5 heteroatoms. The predicted molar refractivity (Wildman–Crippen MR) is 89.1 cm³/mol. The second kappa shape index (κ2) is 7.09. The predicted octanol–water partition coefficient (Wildman–Crippen LogP) is 2.59. The molecule has 3 rings (SSSR count). The molecule has 4 nitrogen and oxygen atoms in total. The minimum Gasteiger partial charge on any atom is -0.391 e. The average molecular weight is 328 g/mol. The number of aromatic nitrogens is 1. The van der Waals surface area contributed by atoms with E-state index >= 15 is 0 Å². The number of benzene rings is 1. The van der Waals surface area contributed by atoms with Gasteiger partial charge in [-0.05, 0) is 49.4 Å². The van der Waals surface area contributed by atoms with Crippen LogP contribution in [0.25, 0.3) is 0 Å². The minimum atomic E-state index is -0.648. The van der Waals surface area contributed by atoms with Crippen molar-refractivity contribution in [3.05, 3.63) is 65.2 Å². The first-order valence-corrected chi connectivity index (χ1v) is 8.18. The topological polar surface area (TPSA) is 53.4 Å². The van der Waals surface area contributed by atoms with Crippen LogP contribution in [0.5, 0.6) is 0 Å². The lowest BCUT2D eigenvalue weighted by Gasteiger charge is -2.36. The standard InChI is InChI=1S/C19H21FN2O2/c1-13-10-16(6-8-21-13)19(24)22-9-7-15(18(23)12-22)11-14-4-2-3-5-17(14)20/h2-6,8,10,15,18,23H,7,9,11-12H2,1H3/t15-,18+/m1/s1. The van der Waals surface area contributed by atoms with Crippen molar-refractivity contribution in [1.29, 1.82) is 0 Å². The number of carbonyl (C=O) groups excluding carboxylic acids is 1. The van der Waals surface area contributed by atoms with Gasteiger partial charge in [-0.15, -0.1) is 0 Å². The molecular formula is C19H21FN2O2. The number of hydrogen-bond acceptors (Lipinski definition) is 3. The lowest BCUT2D eigenvalue weighted by atomic mass is 9.87. The number of pyridine rings is 1. The second-order valence-electron chi connectivity index (χ2n) is 6.35. The monoisotopic (exact) mass is 328 g/mol. The Hall–Kier alpha value is -2.27. The van der Waals surface area contributed by atoms with Crippen molar-refractivity contribution in [2.45, 2.75) is 25.9 Å². The lowest BCUT2D eigenvalue weighted by molar-refractivity contribution is 0.0196. The van der Waals surface area contributed by atoms with E-state index in [-0.39, 0.29) is 24.2 Å². The van der Waals surface area contributed by atoms with Crippen molar-refractivity contribution in [1.82, 2.24) is 9.88 Å². The van der Waals surface area contributed by atoms with Crippen molar-refractivity contribution in [3.8, 4) is 0 Å². The number of amides is 1. The number of β-amino-alcohol motifs (C(OH)–C–C–N with tert-alkyl or cyclic N) is 1. The van der Waals surface area contributed by atoms with Crippen molar-refractivity contribution in [2.24, 2.45) is 5.92 Å². The van der Waals surface area contributed by atoms with Crippen LogP contribution in [0.15, 0.2) is 42.6 Å². The van der Waals surface area contributed by atoms with Crippen LogP contribution in [0.4, 0.5) is 4.39 Å². The first-order valence-electron chi connectivity index (χ1n) is 8.18. The molecule has 1 fully saturated rings. The molecule has 0 bridgehead atoms. The number of nitrogens with zero attached hydrogens (tertiary/aromatic N) is 2. The number of piperidine rings is 1. The molecule has 0 saturated carbocycles. The van der Waals surface area contributed by atoms with Gasteiger partial charge in [-0.1, -0.05) is 18.2 Å². The summed E-state index contributed by atoms with van der Waals surface area (Å²) in [5.41, 5.74) is 1.99. The van der Waals surface area contributed by atoms with Crippen LogP contribution in [-0.4, -0.2) is 40.1 Å². The number of likely N-dealkylation sites (tertiary alicyclic amines) is 1. The molecule has 0 aliphatic carbocycles. The maximum Gasteiger partial charge on any atom is 0.254 e. The van der Waals surface area contributed by atoms with Crippen LogP contribution in [0.3, 0.4) is 0 Å². The number of carbonyl (C=O) groups is 1. The molecule has 2 atom stereocenters. The lowest BCUT2D eigenvalue weighted by Crippen LogP contribution is -2.47. The molecule has 2 aromatic rings. The fourth-order valence-electron chi connectivity index (χ4n) is 3.21. The van der Waals surface area contributed by atoms with Gasteiger partial charge in [0.05, 0.1) is 6.10 Å². The maximum absolute atomic E-state index is 13.8. The highest BCUT2D eigenvalue weighted by Gasteiger charge is 2.31. The second-order valence-corrected chi connectivity index (χ2v) is 6.35. The van der Waals surface area contributed by atoms with Gasteiger partial charge in [0.25, 0.3) is 5.91 Å². The summed E-state index contributed by atoms with van der Waals surface area (Å²) in [5.74, 6) is -0.371. The highest BCUT2D eigenvalue weighted by Crippen LogP contribution is 2.24. The van der Waals surface area contributed by atoms with Crippen molar-refractivity contribution in [3.63, 3.8) is 0 Å². The van der Waals surface area contributed by atoms with E-state index in [2.05, 4.69) is 4.98 Å². The van der Waals surface area contributed by atoms with Crippen LogP contribution in [-0.2, 0) is 6.42 Å². The zero-order valence-corrected chi connectivity index (χ0v) is 13.7. The third-order valence-electron chi connectivity index (χ3n) is 4.59. The Bertz CT molecular complexity index is 735. The summed E-state index contributed by atoms with van der Waals surface area (Å²) < 4.78 is 13.8. The molecule has 126 valence electrons. The molecule has 1 aliphatic rings. The molecule has 0 spiro atoms. The van der Waals surface area contributed by atoms with Crippen LogP contribution in [0.1, 0.15) is 28.0 Å². The van der Waals surface area contributed by atoms with Gasteiger partial charge >= 0.3 is 0 Å². The van der Waals surface area contributed by atoms with Gasteiger partial charge in [0.15, 0.2) is 0 Å². The van der Waals surface area contributed by atoms with Crippen LogP contribution >= 0.6 is 0 Å². The molecule has 1 saturated heterocycles. The number of hydrogen-bond donors (Lipinski definition) is 1. The molecule has 24 heavy (non-hydrogen) atoms. The first kappa shape index (κ1) is 16.6. The Labute approximate surface area is 141 Å². The Kier molecular flexibility index (Phi) is 4.90. The Balaban J connectivity index is 1.65. The van der Waals surface area contributed by atoms with Gasteiger partial charge in [-0.3, -0.25) is 9.78 Å². The third-order valence-corrected chi connectivity index (χ3v) is 4.59. The molecule has 1 aromatic heterocycles. The van der Waals surface area contributed by atoms with Crippen molar-refractivity contribution >= 4 is 5.91 Å². The number of halogens is 1. The minimum absolute atomic E-state index is 0.0369. The van der Waals surface area contributed by atoms with Gasteiger partial charge < -0.3 is 10.0 Å². The molecular weight excluding hydrogens is 307 g/mol. The Morgan fingerprint density at radius 3 is 2.88 bits per heavy atom. The first-order chi connectivity index (χ1) is 11.5. The molecule has 1 amide bonds. The number of rotatable bonds is 3. The molecule has 1 N–H and O–H groups in total. The number of aliphatic hydroxyl groups is 1. The summed E-state index contributed by atoms with van der Waals surface area (Å²) in [5, 5.41) is 10.4. The van der Waals surface area contributed by atoms with E-state index in [1.54, 1.807) is 41.4 Å². The molecule has 0 unspecified atom stereocenters. The fraction of sp³-hybridized carbons (Fsp3) is 0.368. The van der Waals surface area contributed by atoms with Gasteiger partial charge in [0.2, 0.25) is 0 Å². The van der Waals surface area contributed by atoms with E-state index in [1.165, 1.54) is 6.07 Å². The summed E-state index contributed by atoms with van der Waals surface area (Å²) >= 11 is 0. The van der Waals surface area contributed by atoms with E-state index in [9.17, 15) is 14.3 Å². The zero-order chi connectivity index (χ0) is 17.1. The van der Waals surface area contributed by atoms with Gasteiger partial charge in [-0.2, -0.15) is 0 Å². The van der Waals surface area contributed by atoms with Gasteiger partial charge in [-0.25, -0.2) is 4.39 Å². The van der Waals surface area contributed by atoms with E-state index in [4.69, 9.17) is 0 Å². The smallest absolute Gasteiger partial charge is 0.254 e. The fourth-order valence-corrected chi connectivity index (χ4v) is 3.21.